The Kier molecular flexibility index (Phi) is 6.26. The van der Waals surface area contributed by atoms with Crippen molar-refractivity contribution in [2.75, 3.05) is 19.6 Å². The number of nitrogens with one attached hydrogen (secondary N) is 2. The fourth-order valence-corrected chi connectivity index (χ4v) is 4.31. The summed E-state index contributed by atoms with van der Waals surface area (Å²) in [6, 6.07) is 9.67. The number of rotatable bonds is 6. The van der Waals surface area contributed by atoms with Crippen LogP contribution in [0.3, 0.4) is 0 Å². The van der Waals surface area contributed by atoms with Gasteiger partial charge in [0, 0.05) is 47.9 Å². The molecule has 168 valence electrons. The van der Waals surface area contributed by atoms with Gasteiger partial charge in [0.2, 0.25) is 5.91 Å². The molecule has 7 nitrogen and oxygen atoms in total. The molecule has 3 heterocycles. The van der Waals surface area contributed by atoms with Gasteiger partial charge in [0.25, 0.3) is 5.91 Å². The fourth-order valence-electron chi connectivity index (χ4n) is 4.31. The van der Waals surface area contributed by atoms with Crippen LogP contribution in [0, 0.1) is 19.8 Å². The molecule has 4 rings (SSSR count). The van der Waals surface area contributed by atoms with E-state index in [0.717, 1.165) is 40.0 Å². The lowest BCUT2D eigenvalue weighted by atomic mass is 9.99. The molecular formula is C25H31N5O2. The minimum Gasteiger partial charge on any atom is -0.352 e. The van der Waals surface area contributed by atoms with Crippen LogP contribution in [0.4, 0.5) is 0 Å². The number of aromatic amines is 1. The summed E-state index contributed by atoms with van der Waals surface area (Å²) in [4.78, 5) is 32.6. The molecule has 2 aromatic heterocycles. The van der Waals surface area contributed by atoms with Crippen LogP contribution in [0.5, 0.6) is 0 Å². The van der Waals surface area contributed by atoms with Gasteiger partial charge in [-0.2, -0.15) is 5.10 Å². The first-order valence-corrected chi connectivity index (χ1v) is 11.3. The number of fused-ring (bicyclic) bond motifs is 1. The van der Waals surface area contributed by atoms with E-state index < -0.39 is 0 Å². The number of carbonyl (C=O) groups is 2. The van der Waals surface area contributed by atoms with Gasteiger partial charge in [-0.05, 0) is 38.3 Å². The molecule has 1 aromatic carbocycles. The quantitative estimate of drug-likeness (QED) is 0.622. The molecule has 0 aliphatic carbocycles. The van der Waals surface area contributed by atoms with Crippen molar-refractivity contribution >= 4 is 22.7 Å². The maximum Gasteiger partial charge on any atom is 0.252 e. The van der Waals surface area contributed by atoms with Gasteiger partial charge in [-0.1, -0.05) is 32.0 Å². The van der Waals surface area contributed by atoms with Gasteiger partial charge < -0.3 is 10.2 Å². The molecular weight excluding hydrogens is 402 g/mol. The molecule has 0 unspecified atom stereocenters. The van der Waals surface area contributed by atoms with Crippen LogP contribution < -0.4 is 5.32 Å². The Hall–Kier alpha value is -3.22. The second kappa shape index (κ2) is 9.10. The van der Waals surface area contributed by atoms with Crippen molar-refractivity contribution in [3.05, 3.63) is 58.5 Å². The lowest BCUT2D eigenvalue weighted by molar-refractivity contribution is -0.129. The number of benzene rings is 1. The van der Waals surface area contributed by atoms with E-state index in [-0.39, 0.29) is 17.7 Å². The van der Waals surface area contributed by atoms with Crippen molar-refractivity contribution in [2.45, 2.75) is 46.5 Å². The maximum atomic E-state index is 12.9. The van der Waals surface area contributed by atoms with Crippen LogP contribution in [0.2, 0.25) is 0 Å². The van der Waals surface area contributed by atoms with Crippen LogP contribution >= 0.6 is 0 Å². The van der Waals surface area contributed by atoms with Crippen molar-refractivity contribution in [1.29, 1.82) is 0 Å². The molecule has 1 aliphatic heterocycles. The first kappa shape index (κ1) is 22.0. The number of para-hydroxylation sites is 1. The highest BCUT2D eigenvalue weighted by molar-refractivity contribution is 6.06. The van der Waals surface area contributed by atoms with Crippen molar-refractivity contribution in [2.24, 2.45) is 5.92 Å². The van der Waals surface area contributed by atoms with Crippen LogP contribution in [-0.2, 0) is 11.2 Å². The van der Waals surface area contributed by atoms with E-state index >= 15 is 0 Å². The molecule has 0 spiro atoms. The number of carbonyl (C=O) groups excluding carboxylic acids is 2. The summed E-state index contributed by atoms with van der Waals surface area (Å²) in [5, 5.41) is 11.0. The summed E-state index contributed by atoms with van der Waals surface area (Å²) in [5.41, 5.74) is 5.14. The van der Waals surface area contributed by atoms with E-state index in [4.69, 9.17) is 4.98 Å². The standard InChI is InChI=1S/C25H31N5O2/c1-15(2)13-26-25(32)21-11-23(27-22-8-6-5-7-19(21)22)18-9-10-30(14-18)24(31)12-20-16(3)28-29-17(20)4/h5-8,11,15,18H,9-10,12-14H2,1-4H3,(H,26,32)(H,28,29)/t18-/m0/s1. The molecule has 0 radical (unpaired) electrons. The molecule has 1 saturated heterocycles. The Labute approximate surface area is 188 Å². The minimum atomic E-state index is -0.0737. The average molecular weight is 434 g/mol. The normalized spacial score (nSPS) is 16.2. The first-order chi connectivity index (χ1) is 15.3. The Balaban J connectivity index is 1.55. The molecule has 1 atom stereocenters. The van der Waals surface area contributed by atoms with Crippen molar-refractivity contribution < 1.29 is 9.59 Å². The molecule has 1 aliphatic rings. The predicted octanol–water partition coefficient (Wildman–Crippen LogP) is 3.52. The molecule has 3 aromatic rings. The van der Waals surface area contributed by atoms with E-state index in [1.807, 2.05) is 49.1 Å². The van der Waals surface area contributed by atoms with Crippen LogP contribution in [0.15, 0.2) is 30.3 Å². The van der Waals surface area contributed by atoms with Gasteiger partial charge in [0.15, 0.2) is 0 Å². The summed E-state index contributed by atoms with van der Waals surface area (Å²) in [6.45, 7) is 9.96. The summed E-state index contributed by atoms with van der Waals surface area (Å²) in [6.07, 6.45) is 1.20. The first-order valence-electron chi connectivity index (χ1n) is 11.3. The maximum absolute atomic E-state index is 12.9. The third-order valence-electron chi connectivity index (χ3n) is 6.22. The second-order valence-electron chi connectivity index (χ2n) is 9.13. The molecule has 7 heteroatoms. The summed E-state index contributed by atoms with van der Waals surface area (Å²) < 4.78 is 0. The van der Waals surface area contributed by atoms with E-state index in [1.54, 1.807) is 0 Å². The zero-order chi connectivity index (χ0) is 22.8. The Morgan fingerprint density at radius 1 is 1.25 bits per heavy atom. The monoisotopic (exact) mass is 433 g/mol. The molecule has 2 amide bonds. The number of likely N-dealkylation sites (tertiary alicyclic amines) is 1. The minimum absolute atomic E-state index is 0.0737. The van der Waals surface area contributed by atoms with Gasteiger partial charge in [-0.3, -0.25) is 19.7 Å². The molecule has 0 bridgehead atoms. The Bertz CT molecular complexity index is 1130. The topological polar surface area (TPSA) is 91.0 Å². The highest BCUT2D eigenvalue weighted by Crippen LogP contribution is 2.30. The third kappa shape index (κ3) is 4.52. The largest absolute Gasteiger partial charge is 0.352 e. The number of aryl methyl sites for hydroxylation is 2. The number of hydrogen-bond acceptors (Lipinski definition) is 4. The second-order valence-corrected chi connectivity index (χ2v) is 9.13. The molecule has 2 N–H and O–H groups in total. The number of nitrogens with zero attached hydrogens (tertiary/aromatic N) is 3. The fraction of sp³-hybridized carbons (Fsp3) is 0.440. The summed E-state index contributed by atoms with van der Waals surface area (Å²) in [5.74, 6) is 0.529. The number of hydrogen-bond donors (Lipinski definition) is 2. The van der Waals surface area contributed by atoms with Crippen LogP contribution in [-0.4, -0.2) is 51.5 Å². The molecule has 1 fully saturated rings. The number of pyridine rings is 1. The Morgan fingerprint density at radius 2 is 2.03 bits per heavy atom. The average Bonchev–Trinajstić information content (AvgIpc) is 3.39. The SMILES string of the molecule is Cc1n[nH]c(C)c1CC(=O)N1CC[C@H](c2cc(C(=O)NCC(C)C)c3ccccc3n2)C1. The van der Waals surface area contributed by atoms with Crippen molar-refractivity contribution in [1.82, 2.24) is 25.4 Å². The number of H-pyrrole nitrogens is 1. The van der Waals surface area contributed by atoms with E-state index in [0.29, 0.717) is 37.5 Å². The van der Waals surface area contributed by atoms with Gasteiger partial charge in [0.1, 0.15) is 0 Å². The zero-order valence-electron chi connectivity index (χ0n) is 19.2. The van der Waals surface area contributed by atoms with E-state index in [1.165, 1.54) is 0 Å². The Morgan fingerprint density at radius 3 is 2.75 bits per heavy atom. The summed E-state index contributed by atoms with van der Waals surface area (Å²) in [7, 11) is 0. The van der Waals surface area contributed by atoms with Crippen LogP contribution in [0.1, 0.15) is 59.2 Å². The smallest absolute Gasteiger partial charge is 0.252 e. The van der Waals surface area contributed by atoms with Gasteiger partial charge >= 0.3 is 0 Å². The van der Waals surface area contributed by atoms with Gasteiger partial charge in [-0.25, -0.2) is 0 Å². The number of aromatic nitrogens is 3. The lowest BCUT2D eigenvalue weighted by Crippen LogP contribution is -2.30. The van der Waals surface area contributed by atoms with E-state index in [9.17, 15) is 9.59 Å². The van der Waals surface area contributed by atoms with Crippen molar-refractivity contribution in [3.63, 3.8) is 0 Å². The summed E-state index contributed by atoms with van der Waals surface area (Å²) >= 11 is 0. The van der Waals surface area contributed by atoms with Gasteiger partial charge in [0.05, 0.1) is 23.2 Å². The van der Waals surface area contributed by atoms with E-state index in [2.05, 4.69) is 29.4 Å². The number of amides is 2. The molecule has 32 heavy (non-hydrogen) atoms. The predicted molar refractivity (Wildman–Crippen MR) is 125 cm³/mol. The lowest BCUT2D eigenvalue weighted by Gasteiger charge is -2.17. The van der Waals surface area contributed by atoms with Crippen molar-refractivity contribution in [3.8, 4) is 0 Å². The highest BCUT2D eigenvalue weighted by atomic mass is 16.2. The highest BCUT2D eigenvalue weighted by Gasteiger charge is 2.30. The zero-order valence-corrected chi connectivity index (χ0v) is 19.2. The van der Waals surface area contributed by atoms with Gasteiger partial charge in [-0.15, -0.1) is 0 Å². The third-order valence-corrected chi connectivity index (χ3v) is 6.22. The van der Waals surface area contributed by atoms with Crippen LogP contribution in [0.25, 0.3) is 10.9 Å². The molecule has 0 saturated carbocycles.